The van der Waals surface area contributed by atoms with Crippen LogP contribution in [0.1, 0.15) is 12.8 Å². The quantitative estimate of drug-likeness (QED) is 0.375. The van der Waals surface area contributed by atoms with Crippen LogP contribution < -0.4 is 16.2 Å². The molecule has 1 saturated heterocycles. The van der Waals surface area contributed by atoms with Crippen LogP contribution in [-0.2, 0) is 0 Å². The number of benzene rings is 1. The number of piperazine rings is 1. The zero-order chi connectivity index (χ0) is 13.9. The molecule has 3 N–H and O–H groups in total. The molecule has 0 bridgehead atoms. The first-order valence-electron chi connectivity index (χ1n) is 7.06. The maximum Gasteiger partial charge on any atom is 0.208 e. The molecule has 0 amide bonds. The zero-order valence-corrected chi connectivity index (χ0v) is 12.2. The molecule has 0 unspecified atom stereocenters. The molecule has 1 aromatic rings. The molecule has 3 rings (SSSR count). The number of anilines is 1. The summed E-state index contributed by atoms with van der Waals surface area (Å²) in [6, 6.07) is 8.49. The summed E-state index contributed by atoms with van der Waals surface area (Å²) in [6.07, 6.45) is 2.38. The van der Waals surface area contributed by atoms with Crippen LogP contribution in [0.2, 0.25) is 5.02 Å². The van der Waals surface area contributed by atoms with Crippen molar-refractivity contribution >= 4 is 23.2 Å². The zero-order valence-electron chi connectivity index (χ0n) is 11.4. The maximum atomic E-state index is 5.92. The van der Waals surface area contributed by atoms with Crippen LogP contribution in [0.3, 0.4) is 0 Å². The van der Waals surface area contributed by atoms with Crippen molar-refractivity contribution in [1.82, 2.24) is 10.3 Å². The highest BCUT2D eigenvalue weighted by Gasteiger charge is 2.24. The first kappa shape index (κ1) is 13.5. The van der Waals surface area contributed by atoms with Crippen LogP contribution in [0, 0.1) is 0 Å². The van der Waals surface area contributed by atoms with E-state index in [1.807, 2.05) is 12.1 Å². The Hall–Kier alpha value is -1.46. The molecule has 5 nitrogen and oxygen atoms in total. The van der Waals surface area contributed by atoms with Gasteiger partial charge in [0.15, 0.2) is 0 Å². The van der Waals surface area contributed by atoms with E-state index in [1.165, 1.54) is 18.5 Å². The second-order valence-electron chi connectivity index (χ2n) is 5.28. The Morgan fingerprint density at radius 1 is 1.15 bits per heavy atom. The fourth-order valence-corrected chi connectivity index (χ4v) is 2.54. The topological polar surface area (TPSA) is 56.9 Å². The van der Waals surface area contributed by atoms with Gasteiger partial charge in [0.25, 0.3) is 0 Å². The van der Waals surface area contributed by atoms with Gasteiger partial charge in [0.05, 0.1) is 6.04 Å². The highest BCUT2D eigenvalue weighted by molar-refractivity contribution is 6.30. The molecular weight excluding hydrogens is 274 g/mol. The first-order valence-corrected chi connectivity index (χ1v) is 7.44. The van der Waals surface area contributed by atoms with E-state index in [9.17, 15) is 0 Å². The third-order valence-electron chi connectivity index (χ3n) is 3.75. The minimum absolute atomic E-state index is 0.482. The van der Waals surface area contributed by atoms with E-state index in [0.29, 0.717) is 6.04 Å². The Kier molecular flexibility index (Phi) is 3.98. The van der Waals surface area contributed by atoms with Gasteiger partial charge in [-0.3, -0.25) is 5.43 Å². The van der Waals surface area contributed by atoms with Gasteiger partial charge in [-0.1, -0.05) is 11.6 Å². The second-order valence-corrected chi connectivity index (χ2v) is 5.72. The van der Waals surface area contributed by atoms with E-state index < -0.39 is 0 Å². The second kappa shape index (κ2) is 5.89. The van der Waals surface area contributed by atoms with Gasteiger partial charge in [0.2, 0.25) is 5.96 Å². The van der Waals surface area contributed by atoms with E-state index >= 15 is 0 Å². The predicted molar refractivity (Wildman–Crippen MR) is 83.0 cm³/mol. The Balaban J connectivity index is 1.59. The largest absolute Gasteiger partial charge is 0.368 e. The normalized spacial score (nSPS) is 20.2. The third kappa shape index (κ3) is 3.16. The molecule has 1 saturated carbocycles. The summed E-state index contributed by atoms with van der Waals surface area (Å²) in [7, 11) is 0. The summed E-state index contributed by atoms with van der Waals surface area (Å²) in [6.45, 7) is 3.79. The van der Waals surface area contributed by atoms with Crippen molar-refractivity contribution in [2.75, 3.05) is 31.1 Å². The standard InChI is InChI=1S/C14H20ClN5/c15-11-1-5-13(6-2-11)19-7-9-20(10-8-19)14(18-16)17-12-3-4-12/h1-2,5-6,12H,3-4,7-10,16H2,(H,17,18). The van der Waals surface area contributed by atoms with Gasteiger partial charge < -0.3 is 9.80 Å². The summed E-state index contributed by atoms with van der Waals surface area (Å²) < 4.78 is 0. The minimum Gasteiger partial charge on any atom is -0.368 e. The SMILES string of the molecule is NNC(=NC1CC1)N1CCN(c2ccc(Cl)cc2)CC1. The lowest BCUT2D eigenvalue weighted by atomic mass is 10.2. The van der Waals surface area contributed by atoms with Crippen LogP contribution in [0.5, 0.6) is 0 Å². The molecule has 20 heavy (non-hydrogen) atoms. The fraction of sp³-hybridized carbons (Fsp3) is 0.500. The van der Waals surface area contributed by atoms with Gasteiger partial charge in [-0.05, 0) is 37.1 Å². The van der Waals surface area contributed by atoms with Crippen LogP contribution in [0.15, 0.2) is 29.3 Å². The van der Waals surface area contributed by atoms with Gasteiger partial charge >= 0.3 is 0 Å². The highest BCUT2D eigenvalue weighted by Crippen LogP contribution is 2.24. The molecule has 1 aliphatic heterocycles. The van der Waals surface area contributed by atoms with Crippen molar-refractivity contribution < 1.29 is 0 Å². The number of hydrogen-bond acceptors (Lipinski definition) is 3. The highest BCUT2D eigenvalue weighted by atomic mass is 35.5. The van der Waals surface area contributed by atoms with Crippen molar-refractivity contribution in [2.45, 2.75) is 18.9 Å². The summed E-state index contributed by atoms with van der Waals surface area (Å²) >= 11 is 5.92. The van der Waals surface area contributed by atoms with E-state index in [1.54, 1.807) is 0 Å². The molecule has 1 heterocycles. The van der Waals surface area contributed by atoms with Gasteiger partial charge in [0.1, 0.15) is 0 Å². The summed E-state index contributed by atoms with van der Waals surface area (Å²) in [5, 5.41) is 0.776. The Morgan fingerprint density at radius 3 is 2.35 bits per heavy atom. The van der Waals surface area contributed by atoms with Crippen molar-refractivity contribution in [3.63, 3.8) is 0 Å². The Bertz CT molecular complexity index is 475. The number of nitrogens with two attached hydrogens (primary N) is 1. The number of rotatable bonds is 2. The van der Waals surface area contributed by atoms with E-state index in [0.717, 1.165) is 37.2 Å². The number of aliphatic imine (C=N–C) groups is 1. The van der Waals surface area contributed by atoms with Crippen molar-refractivity contribution in [3.8, 4) is 0 Å². The smallest absolute Gasteiger partial charge is 0.208 e. The minimum atomic E-state index is 0.482. The van der Waals surface area contributed by atoms with E-state index in [-0.39, 0.29) is 0 Å². The molecule has 0 spiro atoms. The molecule has 6 heteroatoms. The molecule has 108 valence electrons. The van der Waals surface area contributed by atoms with Crippen molar-refractivity contribution in [2.24, 2.45) is 10.8 Å². The summed E-state index contributed by atoms with van der Waals surface area (Å²) in [4.78, 5) is 9.20. The van der Waals surface area contributed by atoms with Gasteiger partial charge in [-0.2, -0.15) is 0 Å². The third-order valence-corrected chi connectivity index (χ3v) is 4.00. The number of hydrogen-bond donors (Lipinski definition) is 2. The molecule has 0 radical (unpaired) electrons. The molecule has 0 atom stereocenters. The number of nitrogens with zero attached hydrogens (tertiary/aromatic N) is 3. The van der Waals surface area contributed by atoms with E-state index in [2.05, 4.69) is 32.4 Å². The molecule has 2 fully saturated rings. The molecule has 1 aromatic carbocycles. The van der Waals surface area contributed by atoms with Crippen LogP contribution in [-0.4, -0.2) is 43.1 Å². The average molecular weight is 294 g/mol. The van der Waals surface area contributed by atoms with Crippen LogP contribution >= 0.6 is 11.6 Å². The summed E-state index contributed by atoms with van der Waals surface area (Å²) in [5.74, 6) is 6.43. The average Bonchev–Trinajstić information content (AvgIpc) is 3.30. The van der Waals surface area contributed by atoms with Crippen LogP contribution in [0.25, 0.3) is 0 Å². The van der Waals surface area contributed by atoms with Gasteiger partial charge in [-0.25, -0.2) is 10.8 Å². The number of hydrazine groups is 1. The monoisotopic (exact) mass is 293 g/mol. The van der Waals surface area contributed by atoms with E-state index in [4.69, 9.17) is 17.4 Å². The predicted octanol–water partition coefficient (Wildman–Crippen LogP) is 1.44. The maximum absolute atomic E-state index is 5.92. The van der Waals surface area contributed by atoms with Gasteiger partial charge in [0, 0.05) is 36.9 Å². The molecule has 1 aliphatic carbocycles. The fourth-order valence-electron chi connectivity index (χ4n) is 2.42. The molecule has 0 aromatic heterocycles. The number of nitrogens with one attached hydrogen (secondary N) is 1. The lowest BCUT2D eigenvalue weighted by molar-refractivity contribution is 0.372. The molecule has 2 aliphatic rings. The Labute approximate surface area is 124 Å². The molecular formula is C14H20ClN5. The lowest BCUT2D eigenvalue weighted by Crippen LogP contribution is -2.54. The van der Waals surface area contributed by atoms with Gasteiger partial charge in [-0.15, -0.1) is 0 Å². The summed E-state index contributed by atoms with van der Waals surface area (Å²) in [5.41, 5.74) is 3.96. The first-order chi connectivity index (χ1) is 9.76. The van der Waals surface area contributed by atoms with Crippen LogP contribution in [0.4, 0.5) is 5.69 Å². The lowest BCUT2D eigenvalue weighted by Gasteiger charge is -2.37. The van der Waals surface area contributed by atoms with Crippen molar-refractivity contribution in [3.05, 3.63) is 29.3 Å². The van der Waals surface area contributed by atoms with Crippen molar-refractivity contribution in [1.29, 1.82) is 0 Å². The number of guanidine groups is 1. The number of halogens is 1. The Morgan fingerprint density at radius 2 is 1.80 bits per heavy atom.